The molecule has 0 N–H and O–H groups in total. The normalized spacial score (nSPS) is 17.0. The van der Waals surface area contributed by atoms with Crippen LogP contribution >= 0.6 is 0 Å². The average Bonchev–Trinajstić information content (AvgIpc) is 3.40. The number of halogens is 1. The quantitative estimate of drug-likeness (QED) is 0.700. The van der Waals surface area contributed by atoms with Crippen LogP contribution in [0.15, 0.2) is 12.3 Å². The highest BCUT2D eigenvalue weighted by Crippen LogP contribution is 2.36. The van der Waals surface area contributed by atoms with Gasteiger partial charge in [-0.3, -0.25) is 4.68 Å². The molecule has 0 spiro atoms. The van der Waals surface area contributed by atoms with E-state index in [1.54, 1.807) is 31.9 Å². The Morgan fingerprint density at radius 3 is 2.45 bits per heavy atom. The van der Waals surface area contributed by atoms with Crippen LogP contribution in [0.1, 0.15) is 51.2 Å². The number of amides is 2. The molecule has 168 valence electrons. The standard InChI is InChI=1S/C22H32FN7O/c1-22(2,3)30(23)21(31)29-13-10-15(11-14-29)27(4)20-17-8-6-7-16(17)19(25-26-20)18-9-12-24-28(18)5/h9,12,15H,6-8,10-11,13-14H2,1-5H3. The van der Waals surface area contributed by atoms with Crippen molar-refractivity contribution in [1.29, 1.82) is 0 Å². The lowest BCUT2D eigenvalue weighted by molar-refractivity contribution is -0.0296. The fourth-order valence-corrected chi connectivity index (χ4v) is 4.59. The molecule has 9 heteroatoms. The molecule has 0 atom stereocenters. The van der Waals surface area contributed by atoms with E-state index < -0.39 is 11.6 Å². The van der Waals surface area contributed by atoms with Crippen molar-refractivity contribution in [3.05, 3.63) is 23.4 Å². The Balaban J connectivity index is 1.49. The highest BCUT2D eigenvalue weighted by atomic mass is 19.2. The minimum absolute atomic E-state index is 0.244. The van der Waals surface area contributed by atoms with Crippen LogP contribution in [-0.2, 0) is 19.9 Å². The van der Waals surface area contributed by atoms with Gasteiger partial charge in [0.1, 0.15) is 5.69 Å². The van der Waals surface area contributed by atoms with Crippen LogP contribution in [-0.4, -0.2) is 67.7 Å². The number of fused-ring (bicyclic) bond motifs is 1. The van der Waals surface area contributed by atoms with Crippen molar-refractivity contribution in [3.63, 3.8) is 0 Å². The zero-order valence-electron chi connectivity index (χ0n) is 19.1. The lowest BCUT2D eigenvalue weighted by atomic mass is 10.0. The summed E-state index contributed by atoms with van der Waals surface area (Å²) in [6.45, 7) is 6.15. The van der Waals surface area contributed by atoms with Crippen LogP contribution in [0.25, 0.3) is 11.4 Å². The molecule has 1 fully saturated rings. The highest BCUT2D eigenvalue weighted by molar-refractivity contribution is 5.74. The zero-order valence-corrected chi connectivity index (χ0v) is 19.1. The van der Waals surface area contributed by atoms with E-state index in [9.17, 15) is 9.28 Å². The van der Waals surface area contributed by atoms with Gasteiger partial charge in [-0.1, -0.05) is 4.48 Å². The van der Waals surface area contributed by atoms with E-state index in [0.717, 1.165) is 49.3 Å². The molecule has 0 unspecified atom stereocenters. The zero-order chi connectivity index (χ0) is 22.3. The lowest BCUT2D eigenvalue weighted by Crippen LogP contribution is -2.52. The van der Waals surface area contributed by atoms with Gasteiger partial charge in [0.25, 0.3) is 0 Å². The number of carbonyl (C=O) groups excluding carboxylic acids is 1. The highest BCUT2D eigenvalue weighted by Gasteiger charge is 2.35. The minimum Gasteiger partial charge on any atom is -0.355 e. The molecule has 2 aliphatic rings. The first-order valence-corrected chi connectivity index (χ1v) is 11.0. The van der Waals surface area contributed by atoms with Crippen LogP contribution in [0.2, 0.25) is 0 Å². The number of likely N-dealkylation sites (tertiary alicyclic amines) is 1. The monoisotopic (exact) mass is 429 g/mol. The molecule has 31 heavy (non-hydrogen) atoms. The molecule has 2 amide bonds. The number of anilines is 1. The van der Waals surface area contributed by atoms with Gasteiger partial charge in [0, 0.05) is 45.0 Å². The predicted molar refractivity (Wildman–Crippen MR) is 117 cm³/mol. The summed E-state index contributed by atoms with van der Waals surface area (Å²) >= 11 is 0. The fourth-order valence-electron chi connectivity index (χ4n) is 4.59. The molecule has 0 aromatic carbocycles. The van der Waals surface area contributed by atoms with Crippen LogP contribution < -0.4 is 4.90 Å². The smallest absolute Gasteiger partial charge is 0.348 e. The minimum atomic E-state index is -0.837. The number of hydrogen-bond acceptors (Lipinski definition) is 5. The molecule has 1 saturated heterocycles. The molecule has 2 aromatic rings. The molecule has 4 rings (SSSR count). The van der Waals surface area contributed by atoms with Gasteiger partial charge in [-0.05, 0) is 64.5 Å². The molecular weight excluding hydrogens is 397 g/mol. The topological polar surface area (TPSA) is 70.4 Å². The number of carbonyl (C=O) groups is 1. The average molecular weight is 430 g/mol. The van der Waals surface area contributed by atoms with Gasteiger partial charge in [0.05, 0.1) is 11.2 Å². The predicted octanol–water partition coefficient (Wildman–Crippen LogP) is 3.37. The first kappa shape index (κ1) is 21.5. The van der Waals surface area contributed by atoms with E-state index in [2.05, 4.69) is 27.2 Å². The van der Waals surface area contributed by atoms with Gasteiger partial charge in [-0.25, -0.2) is 4.79 Å². The van der Waals surface area contributed by atoms with Crippen molar-refractivity contribution in [2.75, 3.05) is 25.0 Å². The Bertz CT molecular complexity index is 959. The van der Waals surface area contributed by atoms with E-state index in [4.69, 9.17) is 0 Å². The Morgan fingerprint density at radius 2 is 1.84 bits per heavy atom. The van der Waals surface area contributed by atoms with Gasteiger partial charge in [0.15, 0.2) is 5.82 Å². The lowest BCUT2D eigenvalue weighted by Gasteiger charge is -2.39. The maximum atomic E-state index is 14.3. The van der Waals surface area contributed by atoms with Crippen molar-refractivity contribution in [1.82, 2.24) is 30.0 Å². The summed E-state index contributed by atoms with van der Waals surface area (Å²) in [6, 6.07) is 1.67. The number of aromatic nitrogens is 4. The first-order valence-electron chi connectivity index (χ1n) is 11.0. The van der Waals surface area contributed by atoms with E-state index in [-0.39, 0.29) is 6.04 Å². The summed E-state index contributed by atoms with van der Waals surface area (Å²) in [7, 11) is 3.98. The summed E-state index contributed by atoms with van der Waals surface area (Å²) < 4.78 is 16.2. The van der Waals surface area contributed by atoms with Crippen LogP contribution in [0, 0.1) is 0 Å². The Labute approximate surface area is 183 Å². The molecule has 8 nitrogen and oxygen atoms in total. The maximum Gasteiger partial charge on any atom is 0.348 e. The summed E-state index contributed by atoms with van der Waals surface area (Å²) in [5.41, 5.74) is 3.62. The molecular formula is C22H32FN7O. The SMILES string of the molecule is CN(c1nnc(-c2ccnn2C)c2c1CCC2)C1CCN(C(=O)N(F)C(C)(C)C)CC1. The Hall–Kier alpha value is -2.71. The molecule has 1 aliphatic carbocycles. The third-order valence-corrected chi connectivity index (χ3v) is 6.46. The van der Waals surface area contributed by atoms with E-state index >= 15 is 0 Å². The molecule has 1 aliphatic heterocycles. The molecule has 0 bridgehead atoms. The van der Waals surface area contributed by atoms with Gasteiger partial charge in [0.2, 0.25) is 0 Å². The van der Waals surface area contributed by atoms with Crippen LogP contribution in [0.4, 0.5) is 15.1 Å². The number of aryl methyl sites for hydroxylation is 1. The van der Waals surface area contributed by atoms with E-state index in [1.165, 1.54) is 11.1 Å². The number of urea groups is 1. The second-order valence-electron chi connectivity index (χ2n) is 9.59. The first-order chi connectivity index (χ1) is 14.7. The van der Waals surface area contributed by atoms with Crippen molar-refractivity contribution < 1.29 is 9.28 Å². The van der Waals surface area contributed by atoms with Gasteiger partial charge >= 0.3 is 6.03 Å². The summed E-state index contributed by atoms with van der Waals surface area (Å²) in [5.74, 6) is 0.935. The van der Waals surface area contributed by atoms with Crippen molar-refractivity contribution in [3.8, 4) is 11.4 Å². The van der Waals surface area contributed by atoms with Crippen molar-refractivity contribution in [2.24, 2.45) is 7.05 Å². The van der Waals surface area contributed by atoms with Crippen molar-refractivity contribution in [2.45, 2.75) is 64.5 Å². The third kappa shape index (κ3) is 3.97. The largest absolute Gasteiger partial charge is 0.355 e. The number of rotatable bonds is 3. The summed E-state index contributed by atoms with van der Waals surface area (Å²) in [6.07, 6.45) is 6.43. The Morgan fingerprint density at radius 1 is 1.16 bits per heavy atom. The van der Waals surface area contributed by atoms with Crippen molar-refractivity contribution >= 4 is 11.8 Å². The summed E-state index contributed by atoms with van der Waals surface area (Å²) in [5, 5.41) is 13.8. The maximum absolute atomic E-state index is 14.3. The number of piperidine rings is 1. The molecule has 0 radical (unpaired) electrons. The molecule has 3 heterocycles. The number of nitrogens with zero attached hydrogens (tertiary/aromatic N) is 7. The second kappa shape index (κ2) is 8.09. The Kier molecular flexibility index (Phi) is 5.61. The second-order valence-corrected chi connectivity index (χ2v) is 9.59. The van der Waals surface area contributed by atoms with Gasteiger partial charge < -0.3 is 9.80 Å². The molecule has 0 saturated carbocycles. The van der Waals surface area contributed by atoms with Gasteiger partial charge in [-0.2, -0.15) is 10.2 Å². The fraction of sp³-hybridized carbons (Fsp3) is 0.636. The third-order valence-electron chi connectivity index (χ3n) is 6.46. The molecule has 2 aromatic heterocycles. The van der Waals surface area contributed by atoms with E-state index in [0.29, 0.717) is 18.2 Å². The van der Waals surface area contributed by atoms with E-state index in [1.807, 2.05) is 17.8 Å². The van der Waals surface area contributed by atoms with Crippen LogP contribution in [0.3, 0.4) is 0 Å². The number of hydrogen-bond donors (Lipinski definition) is 0. The van der Waals surface area contributed by atoms with Gasteiger partial charge in [-0.15, -0.1) is 10.2 Å². The summed E-state index contributed by atoms with van der Waals surface area (Å²) in [4.78, 5) is 16.3. The van der Waals surface area contributed by atoms with Crippen LogP contribution in [0.5, 0.6) is 0 Å².